The number of alkyl carbamates (subject to hydrolysis) is 1. The van der Waals surface area contributed by atoms with Gasteiger partial charge in [-0.05, 0) is 40.2 Å². The van der Waals surface area contributed by atoms with Crippen LogP contribution < -0.4 is 10.6 Å². The van der Waals surface area contributed by atoms with E-state index in [0.717, 1.165) is 19.4 Å². The molecule has 0 aromatic carbocycles. The predicted molar refractivity (Wildman–Crippen MR) is 66.2 cm³/mol. The van der Waals surface area contributed by atoms with Crippen LogP contribution in [-0.4, -0.2) is 43.4 Å². The van der Waals surface area contributed by atoms with E-state index >= 15 is 0 Å². The highest BCUT2D eigenvalue weighted by Crippen LogP contribution is 2.12. The van der Waals surface area contributed by atoms with Gasteiger partial charge >= 0.3 is 12.1 Å². The zero-order chi connectivity index (χ0) is 13.8. The van der Waals surface area contributed by atoms with Crippen molar-refractivity contribution in [2.45, 2.75) is 51.3 Å². The first-order chi connectivity index (χ1) is 8.33. The normalized spacial score (nSPS) is 24.2. The Hall–Kier alpha value is -1.30. The summed E-state index contributed by atoms with van der Waals surface area (Å²) in [6.07, 6.45) is 1.12. The fourth-order valence-corrected chi connectivity index (χ4v) is 1.88. The van der Waals surface area contributed by atoms with Crippen LogP contribution in [0.15, 0.2) is 0 Å². The minimum Gasteiger partial charge on any atom is -0.468 e. The summed E-state index contributed by atoms with van der Waals surface area (Å²) >= 11 is 0. The Labute approximate surface area is 107 Å². The first kappa shape index (κ1) is 14.8. The van der Waals surface area contributed by atoms with Crippen LogP contribution in [0.4, 0.5) is 4.79 Å². The highest BCUT2D eigenvalue weighted by Gasteiger charge is 2.33. The third-order valence-electron chi connectivity index (χ3n) is 2.62. The molecule has 1 amide bonds. The van der Waals surface area contributed by atoms with Crippen molar-refractivity contribution in [3.8, 4) is 0 Å². The van der Waals surface area contributed by atoms with Gasteiger partial charge in [-0.25, -0.2) is 4.79 Å². The molecular weight excluding hydrogens is 236 g/mol. The number of hydrogen-bond donors (Lipinski definition) is 2. The number of carbonyl (C=O) groups excluding carboxylic acids is 2. The number of amides is 1. The molecule has 1 saturated heterocycles. The van der Waals surface area contributed by atoms with E-state index in [1.807, 2.05) is 0 Å². The number of carbonyl (C=O) groups is 2. The molecule has 0 aromatic heterocycles. The summed E-state index contributed by atoms with van der Waals surface area (Å²) in [5.41, 5.74) is -0.549. The van der Waals surface area contributed by atoms with Crippen molar-refractivity contribution in [3.05, 3.63) is 0 Å². The molecule has 1 heterocycles. The Morgan fingerprint density at radius 3 is 2.56 bits per heavy atom. The first-order valence-corrected chi connectivity index (χ1v) is 6.14. The van der Waals surface area contributed by atoms with Crippen LogP contribution >= 0.6 is 0 Å². The number of nitrogens with one attached hydrogen (secondary N) is 2. The van der Waals surface area contributed by atoms with Gasteiger partial charge in [0, 0.05) is 0 Å². The number of hydrogen-bond acceptors (Lipinski definition) is 5. The summed E-state index contributed by atoms with van der Waals surface area (Å²) in [5, 5.41) is 5.76. The molecule has 0 saturated carbocycles. The van der Waals surface area contributed by atoms with Gasteiger partial charge in [0.05, 0.1) is 13.2 Å². The third-order valence-corrected chi connectivity index (χ3v) is 2.62. The smallest absolute Gasteiger partial charge is 0.407 e. The van der Waals surface area contributed by atoms with Crippen LogP contribution in [-0.2, 0) is 14.3 Å². The summed E-state index contributed by atoms with van der Waals surface area (Å²) in [5.74, 6) is -0.365. The molecule has 1 rings (SSSR count). The van der Waals surface area contributed by atoms with Crippen molar-refractivity contribution in [3.63, 3.8) is 0 Å². The third kappa shape index (κ3) is 4.52. The fourth-order valence-electron chi connectivity index (χ4n) is 1.88. The highest BCUT2D eigenvalue weighted by molar-refractivity contribution is 5.78. The summed E-state index contributed by atoms with van der Waals surface area (Å²) in [7, 11) is 1.34. The lowest BCUT2D eigenvalue weighted by atomic mass is 9.99. The molecule has 1 aliphatic heterocycles. The standard InChI is InChI=1S/C12H22N2O4/c1-12(2,3)18-11(16)14-8-6-5-7-13-9(8)10(15)17-4/h8-9,13H,5-7H2,1-4H3,(H,14,16)/t8-,9-/m0/s1. The summed E-state index contributed by atoms with van der Waals surface area (Å²) in [6, 6.07) is -0.794. The fraction of sp³-hybridized carbons (Fsp3) is 0.833. The molecule has 0 spiro atoms. The van der Waals surface area contributed by atoms with Crippen molar-refractivity contribution >= 4 is 12.1 Å². The predicted octanol–water partition coefficient (Wildman–Crippen LogP) is 0.805. The monoisotopic (exact) mass is 258 g/mol. The van der Waals surface area contributed by atoms with Gasteiger partial charge in [-0.1, -0.05) is 0 Å². The summed E-state index contributed by atoms with van der Waals surface area (Å²) in [4.78, 5) is 23.2. The molecule has 0 aliphatic carbocycles. The largest absolute Gasteiger partial charge is 0.468 e. The van der Waals surface area contributed by atoms with Crippen molar-refractivity contribution in [2.24, 2.45) is 0 Å². The molecule has 0 aromatic rings. The molecule has 6 heteroatoms. The van der Waals surface area contributed by atoms with Gasteiger partial charge in [0.2, 0.25) is 0 Å². The maximum Gasteiger partial charge on any atom is 0.407 e. The Morgan fingerprint density at radius 2 is 2.00 bits per heavy atom. The second kappa shape index (κ2) is 6.04. The molecule has 104 valence electrons. The molecule has 2 atom stereocenters. The lowest BCUT2D eigenvalue weighted by Crippen LogP contribution is -2.57. The number of rotatable bonds is 2. The number of ether oxygens (including phenoxy) is 2. The number of piperidine rings is 1. The molecule has 0 bridgehead atoms. The van der Waals surface area contributed by atoms with Crippen molar-refractivity contribution < 1.29 is 19.1 Å². The van der Waals surface area contributed by atoms with E-state index in [4.69, 9.17) is 9.47 Å². The summed E-state index contributed by atoms with van der Waals surface area (Å²) in [6.45, 7) is 6.13. The zero-order valence-corrected chi connectivity index (χ0v) is 11.4. The molecule has 6 nitrogen and oxygen atoms in total. The molecule has 1 fully saturated rings. The minimum atomic E-state index is -0.549. The second-order valence-corrected chi connectivity index (χ2v) is 5.35. The Balaban J connectivity index is 2.57. The maximum absolute atomic E-state index is 11.7. The highest BCUT2D eigenvalue weighted by atomic mass is 16.6. The van der Waals surface area contributed by atoms with E-state index in [1.54, 1.807) is 20.8 Å². The average Bonchev–Trinajstić information content (AvgIpc) is 2.26. The van der Waals surface area contributed by atoms with Crippen LogP contribution in [0.25, 0.3) is 0 Å². The molecular formula is C12H22N2O4. The first-order valence-electron chi connectivity index (χ1n) is 6.14. The van der Waals surface area contributed by atoms with E-state index in [9.17, 15) is 9.59 Å². The van der Waals surface area contributed by atoms with Crippen LogP contribution in [0.2, 0.25) is 0 Å². The van der Waals surface area contributed by atoms with Gasteiger partial charge in [0.1, 0.15) is 11.6 Å². The van der Waals surface area contributed by atoms with E-state index in [0.29, 0.717) is 0 Å². The molecule has 18 heavy (non-hydrogen) atoms. The van der Waals surface area contributed by atoms with Crippen LogP contribution in [0.5, 0.6) is 0 Å². The Kier molecular flexibility index (Phi) is 4.95. The Bertz CT molecular complexity index is 312. The lowest BCUT2D eigenvalue weighted by Gasteiger charge is -2.31. The van der Waals surface area contributed by atoms with Gasteiger partial charge in [-0.2, -0.15) is 0 Å². The summed E-state index contributed by atoms with van der Waals surface area (Å²) < 4.78 is 9.88. The zero-order valence-electron chi connectivity index (χ0n) is 11.4. The molecule has 2 N–H and O–H groups in total. The van der Waals surface area contributed by atoms with Crippen molar-refractivity contribution in [1.82, 2.24) is 10.6 Å². The van der Waals surface area contributed by atoms with E-state index < -0.39 is 17.7 Å². The van der Waals surface area contributed by atoms with Gasteiger partial charge in [0.25, 0.3) is 0 Å². The van der Waals surface area contributed by atoms with E-state index in [2.05, 4.69) is 10.6 Å². The van der Waals surface area contributed by atoms with E-state index in [1.165, 1.54) is 7.11 Å². The second-order valence-electron chi connectivity index (χ2n) is 5.35. The van der Waals surface area contributed by atoms with Crippen LogP contribution in [0.3, 0.4) is 0 Å². The molecule has 1 aliphatic rings. The van der Waals surface area contributed by atoms with Crippen LogP contribution in [0.1, 0.15) is 33.6 Å². The lowest BCUT2D eigenvalue weighted by molar-refractivity contribution is -0.144. The minimum absolute atomic E-state index is 0.291. The van der Waals surface area contributed by atoms with Crippen LogP contribution in [0, 0.1) is 0 Å². The van der Waals surface area contributed by atoms with Gasteiger partial charge < -0.3 is 20.1 Å². The number of methoxy groups -OCH3 is 1. The van der Waals surface area contributed by atoms with Crippen molar-refractivity contribution in [1.29, 1.82) is 0 Å². The van der Waals surface area contributed by atoms with Gasteiger partial charge in [-0.15, -0.1) is 0 Å². The average molecular weight is 258 g/mol. The quantitative estimate of drug-likeness (QED) is 0.717. The Morgan fingerprint density at radius 1 is 1.33 bits per heavy atom. The van der Waals surface area contributed by atoms with Crippen molar-refractivity contribution in [2.75, 3.05) is 13.7 Å². The van der Waals surface area contributed by atoms with Gasteiger partial charge in [-0.3, -0.25) is 4.79 Å². The number of esters is 1. The molecule has 0 radical (unpaired) electrons. The SMILES string of the molecule is COC(=O)[C@H]1NCCC[C@@H]1NC(=O)OC(C)(C)C. The topological polar surface area (TPSA) is 76.7 Å². The van der Waals surface area contributed by atoms with E-state index in [-0.39, 0.29) is 12.0 Å². The maximum atomic E-state index is 11.7. The molecule has 0 unspecified atom stereocenters. The van der Waals surface area contributed by atoms with Gasteiger partial charge in [0.15, 0.2) is 0 Å².